The number of hydrogen-bond acceptors (Lipinski definition) is 3. The molecule has 3 aromatic rings. The fraction of sp³-hybridized carbons (Fsp3) is 0.0833. The van der Waals surface area contributed by atoms with Crippen LogP contribution in [0.1, 0.15) is 16.7 Å². The number of ether oxygens (including phenoxy) is 1. The number of amides is 1. The molecule has 0 radical (unpaired) electrons. The molecule has 0 saturated heterocycles. The quantitative estimate of drug-likeness (QED) is 0.464. The summed E-state index contributed by atoms with van der Waals surface area (Å²) in [6, 6.07) is 22.5. The van der Waals surface area contributed by atoms with E-state index in [9.17, 15) is 14.4 Å². The molecule has 0 aliphatic rings. The molecule has 0 saturated carbocycles. The number of carbonyl (C=O) groups excluding carboxylic acids is 1. The van der Waals surface area contributed by atoms with E-state index in [1.165, 1.54) is 18.2 Å². The van der Waals surface area contributed by atoms with Crippen LogP contribution in [-0.2, 0) is 11.4 Å². The highest BCUT2D eigenvalue weighted by atomic mass is 19.1. The summed E-state index contributed by atoms with van der Waals surface area (Å²) in [4.78, 5) is 12.4. The summed E-state index contributed by atoms with van der Waals surface area (Å²) in [5.41, 5.74) is 2.98. The lowest BCUT2D eigenvalue weighted by molar-refractivity contribution is -0.112. The van der Waals surface area contributed by atoms with Gasteiger partial charge in [-0.15, -0.1) is 0 Å². The first-order valence-corrected chi connectivity index (χ1v) is 9.00. The molecule has 29 heavy (non-hydrogen) atoms. The van der Waals surface area contributed by atoms with Crippen LogP contribution >= 0.6 is 0 Å². The summed E-state index contributed by atoms with van der Waals surface area (Å²) in [6.45, 7) is 2.13. The Morgan fingerprint density at radius 2 is 1.90 bits per heavy atom. The zero-order valence-corrected chi connectivity index (χ0v) is 15.9. The second-order valence-electron chi connectivity index (χ2n) is 6.48. The Morgan fingerprint density at radius 1 is 1.10 bits per heavy atom. The van der Waals surface area contributed by atoms with E-state index in [-0.39, 0.29) is 18.0 Å². The van der Waals surface area contributed by atoms with Crippen LogP contribution in [0.4, 0.5) is 10.1 Å². The number of halogens is 1. The fourth-order valence-corrected chi connectivity index (χ4v) is 2.72. The Morgan fingerprint density at radius 3 is 2.66 bits per heavy atom. The van der Waals surface area contributed by atoms with Crippen LogP contribution in [0, 0.1) is 24.1 Å². The average Bonchev–Trinajstić information content (AvgIpc) is 2.71. The summed E-state index contributed by atoms with van der Waals surface area (Å²) in [6.07, 6.45) is 1.50. The van der Waals surface area contributed by atoms with Crippen LogP contribution in [0.15, 0.2) is 78.4 Å². The normalized spacial score (nSPS) is 10.9. The van der Waals surface area contributed by atoms with Crippen molar-refractivity contribution < 1.29 is 13.9 Å². The minimum atomic E-state index is -0.482. The molecule has 5 heteroatoms. The molecule has 0 heterocycles. The van der Waals surface area contributed by atoms with Crippen LogP contribution in [0.25, 0.3) is 6.08 Å². The average molecular weight is 386 g/mol. The zero-order chi connectivity index (χ0) is 20.6. The standard InChI is InChI=1S/C24H19FN2O2/c1-17-5-2-9-22(11-17)27-24(28)20(15-26)12-18-6-4-10-23(14-18)29-16-19-7-3-8-21(25)13-19/h2-14H,16H2,1H3,(H,27,28)/b20-12-. The third-order valence-corrected chi connectivity index (χ3v) is 4.10. The van der Waals surface area contributed by atoms with Crippen molar-refractivity contribution in [2.75, 3.05) is 5.32 Å². The monoisotopic (exact) mass is 386 g/mol. The van der Waals surface area contributed by atoms with E-state index in [1.54, 1.807) is 42.5 Å². The van der Waals surface area contributed by atoms with E-state index in [4.69, 9.17) is 4.74 Å². The van der Waals surface area contributed by atoms with E-state index in [0.29, 0.717) is 22.6 Å². The predicted octanol–water partition coefficient (Wildman–Crippen LogP) is 5.26. The maximum atomic E-state index is 13.3. The first-order valence-electron chi connectivity index (χ1n) is 9.00. The van der Waals surface area contributed by atoms with Gasteiger partial charge in [0.05, 0.1) is 0 Å². The lowest BCUT2D eigenvalue weighted by Gasteiger charge is -2.08. The van der Waals surface area contributed by atoms with Crippen molar-refractivity contribution in [3.63, 3.8) is 0 Å². The Kier molecular flexibility index (Phi) is 6.39. The summed E-state index contributed by atoms with van der Waals surface area (Å²) in [7, 11) is 0. The van der Waals surface area contributed by atoms with Crippen molar-refractivity contribution in [1.29, 1.82) is 5.26 Å². The molecule has 0 aromatic heterocycles. The van der Waals surface area contributed by atoms with Gasteiger partial charge in [-0.3, -0.25) is 4.79 Å². The Bertz CT molecular complexity index is 1100. The number of carbonyl (C=O) groups is 1. The van der Waals surface area contributed by atoms with Gasteiger partial charge >= 0.3 is 0 Å². The Labute approximate surface area is 168 Å². The topological polar surface area (TPSA) is 62.1 Å². The summed E-state index contributed by atoms with van der Waals surface area (Å²) in [5, 5.41) is 12.1. The first kappa shape index (κ1) is 19.8. The minimum Gasteiger partial charge on any atom is -0.489 e. The van der Waals surface area contributed by atoms with E-state index in [0.717, 1.165) is 5.56 Å². The fourth-order valence-electron chi connectivity index (χ4n) is 2.72. The molecule has 3 aromatic carbocycles. The van der Waals surface area contributed by atoms with Gasteiger partial charge in [-0.25, -0.2) is 4.39 Å². The molecule has 0 bridgehead atoms. The lowest BCUT2D eigenvalue weighted by atomic mass is 10.1. The molecule has 0 unspecified atom stereocenters. The number of nitriles is 1. The number of hydrogen-bond donors (Lipinski definition) is 1. The van der Waals surface area contributed by atoms with Gasteiger partial charge in [-0.05, 0) is 66.1 Å². The maximum Gasteiger partial charge on any atom is 0.266 e. The molecular weight excluding hydrogens is 367 g/mol. The van der Waals surface area contributed by atoms with E-state index in [1.807, 2.05) is 31.2 Å². The molecule has 4 nitrogen and oxygen atoms in total. The van der Waals surface area contributed by atoms with Gasteiger partial charge in [-0.2, -0.15) is 5.26 Å². The zero-order valence-electron chi connectivity index (χ0n) is 15.9. The number of nitrogens with zero attached hydrogens (tertiary/aromatic N) is 1. The predicted molar refractivity (Wildman–Crippen MR) is 111 cm³/mol. The Hall–Kier alpha value is -3.91. The first-order chi connectivity index (χ1) is 14.0. The highest BCUT2D eigenvalue weighted by Crippen LogP contribution is 2.18. The number of anilines is 1. The van der Waals surface area contributed by atoms with Gasteiger partial charge in [-0.1, -0.05) is 36.4 Å². The largest absolute Gasteiger partial charge is 0.489 e. The number of rotatable bonds is 6. The molecule has 0 atom stereocenters. The summed E-state index contributed by atoms with van der Waals surface area (Å²) in [5.74, 6) is -0.246. The van der Waals surface area contributed by atoms with Crippen molar-refractivity contribution in [2.24, 2.45) is 0 Å². The van der Waals surface area contributed by atoms with Crippen LogP contribution in [0.2, 0.25) is 0 Å². The third-order valence-electron chi connectivity index (χ3n) is 4.10. The van der Waals surface area contributed by atoms with E-state index >= 15 is 0 Å². The van der Waals surface area contributed by atoms with Gasteiger partial charge in [0.1, 0.15) is 29.8 Å². The Balaban J connectivity index is 1.71. The highest BCUT2D eigenvalue weighted by Gasteiger charge is 2.10. The highest BCUT2D eigenvalue weighted by molar-refractivity contribution is 6.09. The molecule has 0 aliphatic carbocycles. The summed E-state index contributed by atoms with van der Waals surface area (Å²) < 4.78 is 19.0. The molecule has 3 rings (SSSR count). The SMILES string of the molecule is Cc1cccc(NC(=O)/C(C#N)=C\c2cccc(OCc3cccc(F)c3)c2)c1. The van der Waals surface area contributed by atoms with Crippen LogP contribution in [-0.4, -0.2) is 5.91 Å². The van der Waals surface area contributed by atoms with Gasteiger partial charge in [0, 0.05) is 5.69 Å². The summed E-state index contributed by atoms with van der Waals surface area (Å²) >= 11 is 0. The van der Waals surface area contributed by atoms with Crippen molar-refractivity contribution in [3.8, 4) is 11.8 Å². The van der Waals surface area contributed by atoms with Crippen molar-refractivity contribution in [1.82, 2.24) is 0 Å². The van der Waals surface area contributed by atoms with Gasteiger partial charge in [0.15, 0.2) is 0 Å². The molecular formula is C24H19FN2O2. The molecule has 0 spiro atoms. The van der Waals surface area contributed by atoms with E-state index in [2.05, 4.69) is 5.32 Å². The van der Waals surface area contributed by atoms with E-state index < -0.39 is 5.91 Å². The van der Waals surface area contributed by atoms with Crippen LogP contribution in [0.5, 0.6) is 5.75 Å². The van der Waals surface area contributed by atoms with Crippen molar-refractivity contribution in [2.45, 2.75) is 13.5 Å². The second kappa shape index (κ2) is 9.34. The molecule has 1 N–H and O–H groups in total. The van der Waals surface area contributed by atoms with Crippen LogP contribution < -0.4 is 10.1 Å². The third kappa shape index (κ3) is 5.78. The van der Waals surface area contributed by atoms with Crippen LogP contribution in [0.3, 0.4) is 0 Å². The lowest BCUT2D eigenvalue weighted by Crippen LogP contribution is -2.13. The molecule has 0 aliphatic heterocycles. The van der Waals surface area contributed by atoms with Crippen molar-refractivity contribution in [3.05, 3.63) is 101 Å². The minimum absolute atomic E-state index is 0.0196. The number of benzene rings is 3. The van der Waals surface area contributed by atoms with Gasteiger partial charge in [0.2, 0.25) is 0 Å². The number of nitrogens with one attached hydrogen (secondary N) is 1. The second-order valence-corrected chi connectivity index (χ2v) is 6.48. The maximum absolute atomic E-state index is 13.3. The molecule has 0 fully saturated rings. The van der Waals surface area contributed by atoms with Gasteiger partial charge < -0.3 is 10.1 Å². The number of aryl methyl sites for hydroxylation is 1. The van der Waals surface area contributed by atoms with Crippen molar-refractivity contribution >= 4 is 17.7 Å². The molecule has 1 amide bonds. The smallest absolute Gasteiger partial charge is 0.266 e. The van der Waals surface area contributed by atoms with Gasteiger partial charge in [0.25, 0.3) is 5.91 Å². The molecule has 144 valence electrons.